The number of piperidine rings is 1. The quantitative estimate of drug-likeness (QED) is 0.0219. The number of hydrogen-bond acceptors (Lipinski definition) is 40. The van der Waals surface area contributed by atoms with Gasteiger partial charge in [0.15, 0.2) is 34.0 Å². The van der Waals surface area contributed by atoms with Crippen LogP contribution in [0.4, 0.5) is 19.1 Å². The molecule has 0 bridgehead atoms. The minimum atomic E-state index is -3.58. The second-order valence-corrected chi connectivity index (χ2v) is 41.1. The lowest BCUT2D eigenvalue weighted by Crippen LogP contribution is -2.60. The zero-order valence-corrected chi connectivity index (χ0v) is 88.6. The molecule has 40 nitrogen and oxygen atoms in total. The van der Waals surface area contributed by atoms with Crippen molar-refractivity contribution < 1.29 is 92.5 Å². The second-order valence-electron chi connectivity index (χ2n) is 36.5. The van der Waals surface area contributed by atoms with Crippen molar-refractivity contribution >= 4 is 75.3 Å². The molecule has 2 N–H and O–H groups in total. The Morgan fingerprint density at radius 2 is 0.748 bits per heavy atom. The fourth-order valence-electron chi connectivity index (χ4n) is 16.5. The Bertz CT molecular complexity index is 6580. The lowest BCUT2D eigenvalue weighted by Gasteiger charge is -2.46. The van der Waals surface area contributed by atoms with Gasteiger partial charge in [0, 0.05) is 130 Å². The Balaban J connectivity index is 0.000000147. The molecule has 147 heavy (non-hydrogen) atoms. The standard InChI is InChI=1S/C28H38FN7O3.C20H22FN5O5S.C20H22FN5O3S.C18H24BN3O4S.C12H12ClN3O2S/c1-27(2)13-19(14-28(3,4)35-27)31-26-30-15-22(32-33-26)20-10-9-18(12-23(20)39-17-37-5)21-16-36(34-25(21)29)24-8-6-7-11-38-24;1-29-12-31-17-9-13(15-11-26(25-19(15)21)18-5-3-4-8-30-18)6-7-14(17)16-10-22-20(24-23-16)32(2,27)28;1-27-12-29-17-9-13(6-7-14(17)16-10-22-20(30-2)24-23-16)15-11-26(25-19(15)21)18-5-3-4-8-28-18;1-17(2)18(3,4)26-19(25-17)12-7-8-13(15(9-12)24-11-23-5)14-10-20-16(27-6)22-21-14;1-17-7-18-11-5-8(13)3-4-9(11)10-6-14-12(19-2)16-15-10/h9-10,12,15-16,19,24,35H,6-8,11,13-14,17H2,1-5H3,(H,30,31,33);6-7,9-11,18H,3-5,8,12H2,1-2H3;6-7,9-11,18H,3-5,8,12H2,1-2H3;7-10H,11H2,1-6H3;3-6H,7H2,1-2H3. The zero-order chi connectivity index (χ0) is 105. The Hall–Kier alpha value is -11.7. The van der Waals surface area contributed by atoms with Gasteiger partial charge in [0.2, 0.25) is 49.1 Å². The lowest BCUT2D eigenvalue weighted by atomic mass is 9.78. The Kier molecular flexibility index (Phi) is 38.8. The van der Waals surface area contributed by atoms with E-state index in [4.69, 9.17) is 82.5 Å². The Morgan fingerprint density at radius 3 is 1.05 bits per heavy atom. The van der Waals surface area contributed by atoms with Crippen molar-refractivity contribution in [2.24, 2.45) is 0 Å². The van der Waals surface area contributed by atoms with Gasteiger partial charge in [-0.1, -0.05) is 71.2 Å². The minimum absolute atomic E-state index is 0.00151. The van der Waals surface area contributed by atoms with Gasteiger partial charge in [-0.05, 0) is 234 Å². The number of hydrogen-bond donors (Lipinski definition) is 2. The van der Waals surface area contributed by atoms with E-state index >= 15 is 0 Å². The van der Waals surface area contributed by atoms with Crippen LogP contribution in [-0.4, -0.2) is 263 Å². The summed E-state index contributed by atoms with van der Waals surface area (Å²) in [5, 5.41) is 62.4. The van der Waals surface area contributed by atoms with Crippen LogP contribution in [0.3, 0.4) is 0 Å². The van der Waals surface area contributed by atoms with Crippen LogP contribution in [0.5, 0.6) is 28.7 Å². The van der Waals surface area contributed by atoms with E-state index in [1.54, 1.807) is 129 Å². The summed E-state index contributed by atoms with van der Waals surface area (Å²) in [6, 6.07) is 27.0. The smallest absolute Gasteiger partial charge is 0.467 e. The van der Waals surface area contributed by atoms with Crippen LogP contribution >= 0.6 is 46.9 Å². The van der Waals surface area contributed by atoms with Crippen molar-refractivity contribution in [2.75, 3.05) is 120 Å². The first kappa shape index (κ1) is 111. The summed E-state index contributed by atoms with van der Waals surface area (Å²) in [6.07, 6.45) is 29.2. The molecule has 49 heteroatoms. The van der Waals surface area contributed by atoms with Crippen LogP contribution in [0.15, 0.2) is 161 Å². The number of rotatable bonds is 33. The van der Waals surface area contributed by atoms with Gasteiger partial charge in [-0.25, -0.2) is 47.4 Å². The molecule has 13 heterocycles. The number of aromatic nitrogens is 21. The van der Waals surface area contributed by atoms with E-state index in [-0.39, 0.29) is 74.9 Å². The maximum absolute atomic E-state index is 14.9. The van der Waals surface area contributed by atoms with Gasteiger partial charge in [-0.15, -0.1) is 66.3 Å². The van der Waals surface area contributed by atoms with Crippen LogP contribution in [0.1, 0.15) is 145 Å². The fourth-order valence-corrected chi connectivity index (χ4v) is 17.9. The maximum atomic E-state index is 14.9. The first-order valence-electron chi connectivity index (χ1n) is 47.0. The van der Waals surface area contributed by atoms with Gasteiger partial charge in [-0.3, -0.25) is 0 Å². The highest BCUT2D eigenvalue weighted by Gasteiger charge is 2.52. The van der Waals surface area contributed by atoms with E-state index in [0.29, 0.717) is 154 Å². The molecular formula is C98H118BClF3N23O17S4. The van der Waals surface area contributed by atoms with Crippen molar-refractivity contribution in [1.82, 2.24) is 111 Å². The zero-order valence-electron chi connectivity index (χ0n) is 84.6. The van der Waals surface area contributed by atoms with Crippen LogP contribution in [0.25, 0.3) is 89.7 Å². The molecule has 5 aliphatic heterocycles. The third-order valence-electron chi connectivity index (χ3n) is 23.9. The summed E-state index contributed by atoms with van der Waals surface area (Å²) in [5.41, 5.74) is 8.92. The molecule has 5 aliphatic rings. The number of nitrogens with one attached hydrogen (secondary N) is 2. The van der Waals surface area contributed by atoms with Gasteiger partial charge in [0.05, 0.1) is 58.9 Å². The molecular weight excluding hydrogens is 2000 g/mol. The van der Waals surface area contributed by atoms with Gasteiger partial charge in [0.1, 0.15) is 75.9 Å². The van der Waals surface area contributed by atoms with E-state index < -0.39 is 46.0 Å². The Morgan fingerprint density at radius 1 is 0.422 bits per heavy atom. The Labute approximate surface area is 868 Å². The predicted molar refractivity (Wildman–Crippen MR) is 546 cm³/mol. The molecule has 5 saturated heterocycles. The summed E-state index contributed by atoms with van der Waals surface area (Å²) >= 11 is 10.2. The first-order chi connectivity index (χ1) is 70.7. The number of sulfone groups is 1. The third-order valence-corrected chi connectivity index (χ3v) is 26.7. The summed E-state index contributed by atoms with van der Waals surface area (Å²) in [4.78, 5) is 21.1. The molecule has 3 unspecified atom stereocenters. The molecule has 0 radical (unpaired) electrons. The molecule has 782 valence electrons. The number of thioether (sulfide) groups is 3. The molecule has 0 spiro atoms. The minimum Gasteiger partial charge on any atom is -0.467 e. The average molecular weight is 2120 g/mol. The molecule has 0 aliphatic carbocycles. The molecule has 8 aromatic heterocycles. The third kappa shape index (κ3) is 29.5. The molecule has 13 aromatic rings. The summed E-state index contributed by atoms with van der Waals surface area (Å²) in [5.74, 6) is 1.25. The van der Waals surface area contributed by atoms with Crippen LogP contribution in [0, 0.1) is 17.8 Å². The van der Waals surface area contributed by atoms with E-state index in [1.807, 2.05) is 82.9 Å². The summed E-state index contributed by atoms with van der Waals surface area (Å²) < 4.78 is 155. The lowest BCUT2D eigenvalue weighted by molar-refractivity contribution is -0.0403. The maximum Gasteiger partial charge on any atom is 0.494 e. The number of anilines is 1. The normalized spacial score (nSPS) is 17.3. The second kappa shape index (κ2) is 51.5. The van der Waals surface area contributed by atoms with Crippen LogP contribution in [0.2, 0.25) is 5.02 Å². The van der Waals surface area contributed by atoms with Gasteiger partial charge in [0.25, 0.3) is 5.16 Å². The predicted octanol–water partition coefficient (Wildman–Crippen LogP) is 17.0. The summed E-state index contributed by atoms with van der Waals surface area (Å²) in [6.45, 7) is 19.1. The molecule has 0 saturated carbocycles. The molecule has 5 fully saturated rings. The molecule has 0 amide bonds. The van der Waals surface area contributed by atoms with E-state index in [0.717, 1.165) is 93.5 Å². The van der Waals surface area contributed by atoms with E-state index in [9.17, 15) is 21.6 Å². The summed E-state index contributed by atoms with van der Waals surface area (Å²) in [7, 11) is 3.63. The first-order valence-corrected chi connectivity index (χ1v) is 52.9. The van der Waals surface area contributed by atoms with E-state index in [1.165, 1.54) is 60.4 Å². The average Bonchev–Trinajstić information content (AvgIpc) is 1.58. The highest BCUT2D eigenvalue weighted by Crippen LogP contribution is 2.43. The van der Waals surface area contributed by atoms with Crippen molar-refractivity contribution in [2.45, 2.75) is 194 Å². The number of nitrogens with zero attached hydrogens (tertiary/aromatic N) is 21. The number of ether oxygens (including phenoxy) is 13. The van der Waals surface area contributed by atoms with Gasteiger partial charge in [-0.2, -0.15) is 13.2 Å². The SMILES string of the molecule is COCOc1cc(-c2cn(C3CCCCO3)nc2F)ccc1-c1cnc(NC2CC(C)(C)NC(C)(C)C2)nn1.COCOc1cc(-c2cn(C3CCCCO3)nc2F)ccc1-c1cnc(S(C)(=O)=O)nn1.COCOc1cc(-c2cn(C3CCCCO3)nc2F)ccc1-c1cnc(SC)nn1.COCOc1cc(B2OC(C)(C)C(C)(C)O2)ccc1-c1cnc(SC)nn1.COCOc1cc(Cl)ccc1-c1cnc(SC)nn1. The van der Waals surface area contributed by atoms with Crippen molar-refractivity contribution in [3.63, 3.8) is 0 Å². The van der Waals surface area contributed by atoms with Crippen molar-refractivity contribution in [3.8, 4) is 118 Å². The number of methoxy groups -OCH3 is 5. The van der Waals surface area contributed by atoms with Crippen LogP contribution in [-0.2, 0) is 57.0 Å². The monoisotopic (exact) mass is 2120 g/mol. The topological polar surface area (TPSA) is 443 Å². The molecule has 3 atom stereocenters. The van der Waals surface area contributed by atoms with Crippen LogP contribution < -0.4 is 39.8 Å². The molecule has 18 rings (SSSR count). The van der Waals surface area contributed by atoms with E-state index in [2.05, 4.69) is 130 Å². The largest absolute Gasteiger partial charge is 0.494 e. The number of benzene rings is 5. The number of halogens is 4. The molecule has 5 aromatic carbocycles. The van der Waals surface area contributed by atoms with Gasteiger partial charge < -0.3 is 81.5 Å². The van der Waals surface area contributed by atoms with Gasteiger partial charge >= 0.3 is 7.12 Å². The van der Waals surface area contributed by atoms with Crippen molar-refractivity contribution in [3.05, 3.63) is 163 Å². The highest BCUT2D eigenvalue weighted by atomic mass is 35.5. The fraction of sp³-hybridized carbons (Fsp3) is 0.449. The highest BCUT2D eigenvalue weighted by molar-refractivity contribution is 7.98. The van der Waals surface area contributed by atoms with Crippen molar-refractivity contribution in [1.29, 1.82) is 0 Å².